The molecule has 0 saturated carbocycles. The number of aryl methyl sites for hydroxylation is 1. The fourth-order valence-electron chi connectivity index (χ4n) is 3.91. The van der Waals surface area contributed by atoms with E-state index in [2.05, 4.69) is 19.8 Å². The van der Waals surface area contributed by atoms with Crippen LogP contribution in [0.25, 0.3) is 11.3 Å². The van der Waals surface area contributed by atoms with E-state index in [0.717, 1.165) is 20.5 Å². The molecule has 2 aliphatic rings. The van der Waals surface area contributed by atoms with Crippen LogP contribution in [0.2, 0.25) is 0 Å². The number of nitrogens with zero attached hydrogens (tertiary/aromatic N) is 6. The lowest BCUT2D eigenvalue weighted by Gasteiger charge is -2.50. The number of hydrogen-bond donors (Lipinski definition) is 5. The number of thioether (sulfide) groups is 2. The molecule has 15 nitrogen and oxygen atoms in total. The summed E-state index contributed by atoms with van der Waals surface area (Å²) in [5.41, 5.74) is 1.92. The van der Waals surface area contributed by atoms with Crippen LogP contribution in [0.5, 0.6) is 0 Å². The van der Waals surface area contributed by atoms with Gasteiger partial charge in [-0.2, -0.15) is 9.36 Å². The molecule has 20 heteroatoms. The van der Waals surface area contributed by atoms with E-state index < -0.39 is 31.0 Å². The van der Waals surface area contributed by atoms with Gasteiger partial charge in [0, 0.05) is 45.3 Å². The number of hydrogen-bond acceptors (Lipinski definition) is 13. The number of pyridine rings is 1. The topological polar surface area (TPSA) is 203 Å². The van der Waals surface area contributed by atoms with E-state index in [1.165, 1.54) is 39.8 Å². The van der Waals surface area contributed by atoms with Crippen molar-refractivity contribution in [2.45, 2.75) is 22.7 Å². The number of aliphatic hydroxyl groups excluding tert-OH is 1. The Labute approximate surface area is 255 Å². The average molecular weight is 672 g/mol. The van der Waals surface area contributed by atoms with Crippen molar-refractivity contribution in [1.29, 1.82) is 0 Å². The van der Waals surface area contributed by atoms with Gasteiger partial charge < -0.3 is 25.0 Å². The minimum absolute atomic E-state index is 0.124. The van der Waals surface area contributed by atoms with E-state index in [1.54, 1.807) is 6.92 Å². The van der Waals surface area contributed by atoms with Crippen LogP contribution in [0.4, 0.5) is 5.13 Å². The highest BCUT2D eigenvalue weighted by Crippen LogP contribution is 2.45. The zero-order chi connectivity index (χ0) is 30.0. The molecule has 0 aromatic carbocycles. The summed E-state index contributed by atoms with van der Waals surface area (Å²) in [5.74, 6) is -0.959. The number of β-lactam (4-membered cyclic amide) rings is 1. The number of aromatic nitrogens is 4. The predicted molar refractivity (Wildman–Crippen MR) is 157 cm³/mol. The van der Waals surface area contributed by atoms with Gasteiger partial charge in [0.1, 0.15) is 25.1 Å². The van der Waals surface area contributed by atoms with Crippen molar-refractivity contribution in [3.05, 3.63) is 46.3 Å². The number of nitrogens with one attached hydrogen (secondary N) is 2. The Kier molecular flexibility index (Phi) is 9.28. The van der Waals surface area contributed by atoms with Crippen molar-refractivity contribution in [3.63, 3.8) is 0 Å². The molecule has 222 valence electrons. The van der Waals surface area contributed by atoms with Crippen molar-refractivity contribution in [1.82, 2.24) is 24.6 Å². The minimum atomic E-state index is -4.64. The van der Waals surface area contributed by atoms with Crippen LogP contribution >= 0.6 is 54.1 Å². The Bertz CT molecular complexity index is 1610. The highest BCUT2D eigenvalue weighted by atomic mass is 32.2. The monoisotopic (exact) mass is 671 g/mol. The van der Waals surface area contributed by atoms with Crippen LogP contribution in [-0.2, 0) is 26.0 Å². The molecule has 0 bridgehead atoms. The molecule has 2 unspecified atom stereocenters. The predicted octanol–water partition coefficient (Wildman–Crippen LogP) is 1.13. The van der Waals surface area contributed by atoms with Crippen molar-refractivity contribution >= 4 is 76.8 Å². The Morgan fingerprint density at radius 3 is 2.79 bits per heavy atom. The smallest absolute Gasteiger partial charge is 0.395 e. The quantitative estimate of drug-likeness (QED) is 0.0639. The second-order valence-corrected chi connectivity index (χ2v) is 14.0. The van der Waals surface area contributed by atoms with E-state index in [4.69, 9.17) is 19.6 Å². The molecule has 0 aliphatic carbocycles. The Balaban J connectivity index is 1.28. The number of carbonyl (C=O) groups excluding carboxylic acids is 2. The number of anilines is 1. The third kappa shape index (κ3) is 6.68. The van der Waals surface area contributed by atoms with Gasteiger partial charge in [0.15, 0.2) is 16.7 Å². The van der Waals surface area contributed by atoms with Gasteiger partial charge in [-0.25, -0.2) is 14.1 Å². The van der Waals surface area contributed by atoms with Crippen LogP contribution in [0.3, 0.4) is 0 Å². The zero-order valence-corrected chi connectivity index (χ0v) is 26.1. The molecule has 2 amide bonds. The molecule has 2 aliphatic heterocycles. The zero-order valence-electron chi connectivity index (χ0n) is 21.9. The molecule has 5 rings (SSSR count). The second-order valence-electron chi connectivity index (χ2n) is 8.68. The van der Waals surface area contributed by atoms with Crippen molar-refractivity contribution < 1.29 is 38.5 Å². The lowest BCUT2D eigenvalue weighted by atomic mass is 10.0. The van der Waals surface area contributed by atoms with Gasteiger partial charge in [0.2, 0.25) is 16.7 Å². The van der Waals surface area contributed by atoms with Gasteiger partial charge in [-0.1, -0.05) is 16.9 Å². The fourth-order valence-corrected chi connectivity index (χ4v) is 8.67. The number of amides is 2. The third-order valence-corrected chi connectivity index (χ3v) is 10.6. The standard InChI is InChI=1S/C22H23N8O7PS4/c1-3-37-26-15(17-25-21(42-28-17)27-38(34,35)36)18(32)24-16-19(33)30-13(8-31)14(10-39-20(16)30)41-22-23-12(9-40-22)11-4-6-29(2)7-5-11/h4-7,9,16,20,31H,3,8,10H2,1-2H3,(H3-,24,25,27,28,32,34,35,36)/p+1. The van der Waals surface area contributed by atoms with Crippen molar-refractivity contribution in [2.24, 2.45) is 12.2 Å². The number of oxime groups is 1. The van der Waals surface area contributed by atoms with E-state index in [9.17, 15) is 19.3 Å². The largest absolute Gasteiger partial charge is 0.429 e. The average Bonchev–Trinajstić information content (AvgIpc) is 3.61. The molecule has 1 fully saturated rings. The molecule has 3 aromatic rings. The Morgan fingerprint density at radius 2 is 2.10 bits per heavy atom. The van der Waals surface area contributed by atoms with Crippen LogP contribution in [0.15, 0.2) is 50.0 Å². The van der Waals surface area contributed by atoms with E-state index in [-0.39, 0.29) is 29.9 Å². The van der Waals surface area contributed by atoms with Crippen LogP contribution < -0.4 is 15.0 Å². The summed E-state index contributed by atoms with van der Waals surface area (Å²) in [6, 6.07) is 3.03. The number of rotatable bonds is 11. The van der Waals surface area contributed by atoms with E-state index in [0.29, 0.717) is 23.0 Å². The van der Waals surface area contributed by atoms with Crippen molar-refractivity contribution in [3.8, 4) is 11.3 Å². The van der Waals surface area contributed by atoms with Gasteiger partial charge >= 0.3 is 7.75 Å². The second kappa shape index (κ2) is 12.8. The first-order chi connectivity index (χ1) is 20.1. The first kappa shape index (κ1) is 30.6. The van der Waals surface area contributed by atoms with Crippen LogP contribution in [-0.4, -0.2) is 82.0 Å². The fraction of sp³-hybridized carbons (Fsp3) is 0.318. The number of carbonyl (C=O) groups is 2. The summed E-state index contributed by atoms with van der Waals surface area (Å²) in [5, 5.41) is 19.7. The molecule has 3 aromatic heterocycles. The number of aliphatic hydroxyl groups is 1. The molecule has 2 atom stereocenters. The highest BCUT2D eigenvalue weighted by molar-refractivity contribution is 8.07. The molecule has 5 N–H and O–H groups in total. The molecule has 1 saturated heterocycles. The summed E-state index contributed by atoms with van der Waals surface area (Å²) < 4.78 is 17.9. The summed E-state index contributed by atoms with van der Waals surface area (Å²) in [6.07, 6.45) is 3.88. The number of fused-ring (bicyclic) bond motifs is 1. The molecule has 0 spiro atoms. The van der Waals surface area contributed by atoms with Gasteiger partial charge in [-0.3, -0.25) is 19.6 Å². The normalized spacial score (nSPS) is 18.9. The number of thiazole rings is 1. The summed E-state index contributed by atoms with van der Waals surface area (Å²) in [4.78, 5) is 60.4. The first-order valence-corrected chi connectivity index (χ1v) is 17.3. The van der Waals surface area contributed by atoms with E-state index in [1.807, 2.05) is 46.6 Å². The van der Waals surface area contributed by atoms with Crippen LogP contribution in [0, 0.1) is 0 Å². The lowest BCUT2D eigenvalue weighted by molar-refractivity contribution is -0.671. The maximum Gasteiger partial charge on any atom is 0.429 e. The molecule has 5 heterocycles. The van der Waals surface area contributed by atoms with Crippen molar-refractivity contribution in [2.75, 3.05) is 24.1 Å². The molecular weight excluding hydrogens is 648 g/mol. The molecule has 42 heavy (non-hydrogen) atoms. The highest BCUT2D eigenvalue weighted by Gasteiger charge is 2.53. The maximum absolute atomic E-state index is 13.2. The SMILES string of the molecule is CCON=C(C(=O)NC1C(=O)N2C(CO)=C(Sc3nc(-c4cc[n+](C)cc4)cs3)CSC12)c1nsc(NP(=O)(O)O)n1. The minimum Gasteiger partial charge on any atom is -0.395 e. The first-order valence-electron chi connectivity index (χ1n) is 12.1. The molecular formula is C22H24N8O7PS4+. The maximum atomic E-state index is 13.2. The van der Waals surface area contributed by atoms with E-state index >= 15 is 0 Å². The van der Waals surface area contributed by atoms with Gasteiger partial charge in [-0.15, -0.1) is 23.1 Å². The van der Waals surface area contributed by atoms with Gasteiger partial charge in [0.05, 0.1) is 18.0 Å². The Hall–Kier alpha value is -2.90. The summed E-state index contributed by atoms with van der Waals surface area (Å²) in [6.45, 7) is 1.40. The summed E-state index contributed by atoms with van der Waals surface area (Å²) in [7, 11) is -2.70. The molecule has 0 radical (unpaired) electrons. The van der Waals surface area contributed by atoms with Crippen LogP contribution in [0.1, 0.15) is 12.7 Å². The van der Waals surface area contributed by atoms with Gasteiger partial charge in [0.25, 0.3) is 11.8 Å². The lowest BCUT2D eigenvalue weighted by Crippen LogP contribution is -2.70. The van der Waals surface area contributed by atoms with Gasteiger partial charge in [-0.05, 0) is 6.92 Å². The third-order valence-electron chi connectivity index (χ3n) is 5.82. The summed E-state index contributed by atoms with van der Waals surface area (Å²) >= 11 is 4.92. The Morgan fingerprint density at radius 1 is 1.33 bits per heavy atom.